The summed E-state index contributed by atoms with van der Waals surface area (Å²) < 4.78 is 0. The van der Waals surface area contributed by atoms with Crippen molar-refractivity contribution in [2.75, 3.05) is 19.6 Å². The summed E-state index contributed by atoms with van der Waals surface area (Å²) in [7, 11) is 0. The summed E-state index contributed by atoms with van der Waals surface area (Å²) in [5.41, 5.74) is -0.554. The Morgan fingerprint density at radius 3 is 2.69 bits per heavy atom. The molecule has 2 heterocycles. The van der Waals surface area contributed by atoms with Crippen LogP contribution in [0.15, 0.2) is 0 Å². The van der Waals surface area contributed by atoms with Gasteiger partial charge >= 0.3 is 0 Å². The van der Waals surface area contributed by atoms with Gasteiger partial charge in [-0.1, -0.05) is 6.92 Å². The van der Waals surface area contributed by atoms with Gasteiger partial charge in [-0.3, -0.25) is 4.90 Å². The Kier molecular flexibility index (Phi) is 3.57. The molecule has 2 N–H and O–H groups in total. The molecule has 16 heavy (non-hydrogen) atoms. The van der Waals surface area contributed by atoms with Crippen LogP contribution >= 0.6 is 0 Å². The van der Waals surface area contributed by atoms with E-state index >= 15 is 0 Å². The molecule has 3 nitrogen and oxygen atoms in total. The number of hydrogen-bond donors (Lipinski definition) is 2. The maximum Gasteiger partial charge on any atom is 0.0746 e. The third-order valence-corrected chi connectivity index (χ3v) is 4.28. The minimum absolute atomic E-state index is 0.359. The fourth-order valence-electron chi connectivity index (χ4n) is 3.44. The Morgan fingerprint density at radius 1 is 1.31 bits per heavy atom. The van der Waals surface area contributed by atoms with Crippen LogP contribution in [0.2, 0.25) is 0 Å². The summed E-state index contributed by atoms with van der Waals surface area (Å²) in [6.07, 6.45) is 3.62. The molecule has 0 bridgehead atoms. The van der Waals surface area contributed by atoms with Crippen LogP contribution in [-0.2, 0) is 0 Å². The van der Waals surface area contributed by atoms with Crippen LogP contribution in [0.25, 0.3) is 0 Å². The zero-order chi connectivity index (χ0) is 11.8. The van der Waals surface area contributed by atoms with Gasteiger partial charge in [-0.25, -0.2) is 0 Å². The largest absolute Gasteiger partial charge is 0.389 e. The highest BCUT2D eigenvalue weighted by Gasteiger charge is 2.41. The molecule has 2 unspecified atom stereocenters. The normalized spacial score (nSPS) is 37.9. The van der Waals surface area contributed by atoms with Crippen LogP contribution in [0.1, 0.15) is 40.0 Å². The zero-order valence-corrected chi connectivity index (χ0v) is 10.9. The Morgan fingerprint density at radius 2 is 2.06 bits per heavy atom. The first kappa shape index (κ1) is 12.3. The Hall–Kier alpha value is -0.120. The van der Waals surface area contributed by atoms with Crippen LogP contribution in [0.3, 0.4) is 0 Å². The summed E-state index contributed by atoms with van der Waals surface area (Å²) in [5, 5.41) is 13.7. The molecule has 0 saturated carbocycles. The maximum absolute atomic E-state index is 10.2. The molecule has 0 aromatic carbocycles. The third kappa shape index (κ3) is 2.41. The second kappa shape index (κ2) is 4.63. The topological polar surface area (TPSA) is 35.5 Å². The van der Waals surface area contributed by atoms with E-state index in [4.69, 9.17) is 0 Å². The lowest BCUT2D eigenvalue weighted by Crippen LogP contribution is -2.55. The van der Waals surface area contributed by atoms with Gasteiger partial charge in [0.05, 0.1) is 5.60 Å². The molecule has 0 radical (unpaired) electrons. The molecule has 2 saturated heterocycles. The molecule has 2 fully saturated rings. The second-order valence-electron chi connectivity index (χ2n) is 6.09. The van der Waals surface area contributed by atoms with E-state index in [0.717, 1.165) is 19.5 Å². The molecule has 2 aliphatic rings. The number of likely N-dealkylation sites (tertiary alicyclic amines) is 1. The van der Waals surface area contributed by atoms with Crippen molar-refractivity contribution in [3.05, 3.63) is 0 Å². The molecular weight excluding hydrogens is 200 g/mol. The van der Waals surface area contributed by atoms with Crippen molar-refractivity contribution >= 4 is 0 Å². The van der Waals surface area contributed by atoms with Crippen LogP contribution in [0.5, 0.6) is 0 Å². The molecule has 0 aromatic heterocycles. The highest BCUT2D eigenvalue weighted by atomic mass is 16.3. The third-order valence-electron chi connectivity index (χ3n) is 4.28. The van der Waals surface area contributed by atoms with Gasteiger partial charge in [0.2, 0.25) is 0 Å². The van der Waals surface area contributed by atoms with E-state index < -0.39 is 5.60 Å². The predicted octanol–water partition coefficient (Wildman–Crippen LogP) is 1.22. The van der Waals surface area contributed by atoms with Crippen LogP contribution in [-0.4, -0.2) is 47.3 Å². The molecule has 0 aromatic rings. The molecule has 3 heteroatoms. The minimum Gasteiger partial charge on any atom is -0.389 e. The molecular formula is C13H26N2O. The number of hydrogen-bond acceptors (Lipinski definition) is 3. The van der Waals surface area contributed by atoms with Crippen LogP contribution in [0.4, 0.5) is 0 Å². The smallest absolute Gasteiger partial charge is 0.0746 e. The molecule has 0 aliphatic carbocycles. The summed E-state index contributed by atoms with van der Waals surface area (Å²) in [6.45, 7) is 9.67. The van der Waals surface area contributed by atoms with Crippen molar-refractivity contribution in [3.8, 4) is 0 Å². The summed E-state index contributed by atoms with van der Waals surface area (Å²) in [6, 6.07) is 1.03. The fourth-order valence-corrected chi connectivity index (χ4v) is 3.44. The van der Waals surface area contributed by atoms with E-state index in [0.29, 0.717) is 18.0 Å². The van der Waals surface area contributed by atoms with E-state index in [9.17, 15) is 5.11 Å². The highest BCUT2D eigenvalue weighted by molar-refractivity contribution is 4.96. The molecule has 0 spiro atoms. The van der Waals surface area contributed by atoms with Gasteiger partial charge in [-0.15, -0.1) is 0 Å². The van der Waals surface area contributed by atoms with Crippen LogP contribution < -0.4 is 5.32 Å². The SMILES string of the molecule is CC1CNCCC1N1CCC[C@H]1C(C)(C)O. The fraction of sp³-hybridized carbons (Fsp3) is 1.00. The Labute approximate surface area is 99.2 Å². The minimum atomic E-state index is -0.554. The van der Waals surface area contributed by atoms with Gasteiger partial charge in [0.1, 0.15) is 0 Å². The summed E-state index contributed by atoms with van der Waals surface area (Å²) in [4.78, 5) is 2.57. The number of rotatable bonds is 2. The van der Waals surface area contributed by atoms with E-state index in [2.05, 4.69) is 17.1 Å². The molecule has 3 atom stereocenters. The van der Waals surface area contributed by atoms with Gasteiger partial charge in [-0.2, -0.15) is 0 Å². The van der Waals surface area contributed by atoms with Crippen molar-refractivity contribution < 1.29 is 5.11 Å². The zero-order valence-electron chi connectivity index (χ0n) is 10.9. The van der Waals surface area contributed by atoms with E-state index in [1.807, 2.05) is 13.8 Å². The highest BCUT2D eigenvalue weighted by Crippen LogP contribution is 2.32. The quantitative estimate of drug-likeness (QED) is 0.743. The average molecular weight is 226 g/mol. The lowest BCUT2D eigenvalue weighted by molar-refractivity contribution is -0.0298. The van der Waals surface area contributed by atoms with Crippen molar-refractivity contribution in [2.45, 2.75) is 57.7 Å². The van der Waals surface area contributed by atoms with Crippen molar-refractivity contribution in [2.24, 2.45) is 5.92 Å². The maximum atomic E-state index is 10.2. The Balaban J connectivity index is 2.07. The van der Waals surface area contributed by atoms with E-state index in [-0.39, 0.29) is 0 Å². The van der Waals surface area contributed by atoms with Crippen LogP contribution in [0, 0.1) is 5.92 Å². The van der Waals surface area contributed by atoms with Gasteiger partial charge < -0.3 is 10.4 Å². The first-order chi connectivity index (χ1) is 7.50. The molecule has 2 aliphatic heterocycles. The van der Waals surface area contributed by atoms with Crippen molar-refractivity contribution in [1.82, 2.24) is 10.2 Å². The molecule has 94 valence electrons. The number of piperidine rings is 1. The van der Waals surface area contributed by atoms with E-state index in [1.165, 1.54) is 19.4 Å². The molecule has 0 amide bonds. The predicted molar refractivity (Wildman–Crippen MR) is 66.5 cm³/mol. The Bertz CT molecular complexity index is 237. The first-order valence-corrected chi connectivity index (χ1v) is 6.69. The standard InChI is InChI=1S/C13H26N2O/c1-10-9-14-7-6-11(10)15-8-4-5-12(15)13(2,3)16/h10-12,14,16H,4-9H2,1-3H3/t10?,11?,12-/m0/s1. The number of nitrogens with one attached hydrogen (secondary N) is 1. The second-order valence-corrected chi connectivity index (χ2v) is 6.09. The van der Waals surface area contributed by atoms with E-state index in [1.54, 1.807) is 0 Å². The van der Waals surface area contributed by atoms with Gasteiger partial charge in [0, 0.05) is 12.1 Å². The lowest BCUT2D eigenvalue weighted by atomic mass is 9.89. The van der Waals surface area contributed by atoms with Gasteiger partial charge in [0.25, 0.3) is 0 Å². The summed E-state index contributed by atoms with van der Waals surface area (Å²) in [5.74, 6) is 0.705. The lowest BCUT2D eigenvalue weighted by Gasteiger charge is -2.43. The van der Waals surface area contributed by atoms with Gasteiger partial charge in [-0.05, 0) is 58.7 Å². The van der Waals surface area contributed by atoms with Crippen molar-refractivity contribution in [3.63, 3.8) is 0 Å². The van der Waals surface area contributed by atoms with Crippen molar-refractivity contribution in [1.29, 1.82) is 0 Å². The molecule has 2 rings (SSSR count). The summed E-state index contributed by atoms with van der Waals surface area (Å²) >= 11 is 0. The first-order valence-electron chi connectivity index (χ1n) is 6.69. The number of nitrogens with zero attached hydrogens (tertiary/aromatic N) is 1. The number of aliphatic hydroxyl groups is 1. The van der Waals surface area contributed by atoms with Gasteiger partial charge in [0.15, 0.2) is 0 Å². The monoisotopic (exact) mass is 226 g/mol. The average Bonchev–Trinajstić information content (AvgIpc) is 2.66.